The van der Waals surface area contributed by atoms with Gasteiger partial charge in [-0.3, -0.25) is 0 Å². The quantitative estimate of drug-likeness (QED) is 0.759. The van der Waals surface area contributed by atoms with Crippen LogP contribution >= 0.6 is 22.9 Å². The molecule has 1 aromatic carbocycles. The third-order valence-electron chi connectivity index (χ3n) is 2.29. The van der Waals surface area contributed by atoms with E-state index in [9.17, 15) is 8.78 Å². The molecule has 0 saturated heterocycles. The Morgan fingerprint density at radius 1 is 1.24 bits per heavy atom. The van der Waals surface area contributed by atoms with Crippen LogP contribution in [0.25, 0.3) is 10.6 Å². The van der Waals surface area contributed by atoms with Crippen LogP contribution in [0.1, 0.15) is 12.1 Å². The molecule has 2 rings (SSSR count). The van der Waals surface area contributed by atoms with Crippen molar-refractivity contribution in [1.82, 2.24) is 4.98 Å². The van der Waals surface area contributed by atoms with Gasteiger partial charge in [0.15, 0.2) is 0 Å². The third-order valence-corrected chi connectivity index (χ3v) is 3.47. The summed E-state index contributed by atoms with van der Waals surface area (Å²) in [6.07, 6.45) is 1.54. The van der Waals surface area contributed by atoms with Gasteiger partial charge in [-0.2, -0.15) is 0 Å². The van der Waals surface area contributed by atoms with Gasteiger partial charge in [0.1, 0.15) is 16.6 Å². The highest BCUT2D eigenvalue weighted by atomic mass is 35.5. The SMILES string of the molecule is Fc1cccc(F)c1-c1nc(CCCCl)cs1. The number of hydrogen-bond acceptors (Lipinski definition) is 2. The Labute approximate surface area is 107 Å². The van der Waals surface area contributed by atoms with Crippen LogP contribution in [-0.2, 0) is 6.42 Å². The van der Waals surface area contributed by atoms with Crippen LogP contribution in [0.5, 0.6) is 0 Å². The molecule has 0 atom stereocenters. The molecule has 0 aliphatic heterocycles. The first-order valence-electron chi connectivity index (χ1n) is 5.17. The molecule has 0 spiro atoms. The standard InChI is InChI=1S/C12H10ClF2NS/c13-6-2-3-8-7-17-12(16-8)11-9(14)4-1-5-10(11)15/h1,4-5,7H,2-3,6H2. The predicted molar refractivity (Wildman–Crippen MR) is 66.5 cm³/mol. The Morgan fingerprint density at radius 2 is 1.94 bits per heavy atom. The summed E-state index contributed by atoms with van der Waals surface area (Å²) in [5, 5.41) is 2.19. The van der Waals surface area contributed by atoms with Crippen LogP contribution < -0.4 is 0 Å². The first-order valence-corrected chi connectivity index (χ1v) is 6.58. The topological polar surface area (TPSA) is 12.9 Å². The number of nitrogens with zero attached hydrogens (tertiary/aromatic N) is 1. The molecule has 0 aliphatic carbocycles. The van der Waals surface area contributed by atoms with Crippen molar-refractivity contribution in [3.63, 3.8) is 0 Å². The molecule has 0 fully saturated rings. The summed E-state index contributed by atoms with van der Waals surface area (Å²) >= 11 is 6.83. The molecule has 0 saturated carbocycles. The largest absolute Gasteiger partial charge is 0.241 e. The van der Waals surface area contributed by atoms with Crippen molar-refractivity contribution < 1.29 is 8.78 Å². The van der Waals surface area contributed by atoms with Crippen molar-refractivity contribution in [2.75, 3.05) is 5.88 Å². The summed E-state index contributed by atoms with van der Waals surface area (Å²) in [7, 11) is 0. The predicted octanol–water partition coefficient (Wildman–Crippen LogP) is 4.26. The molecule has 1 nitrogen and oxygen atoms in total. The maximum Gasteiger partial charge on any atom is 0.136 e. The monoisotopic (exact) mass is 273 g/mol. The number of halogens is 3. The van der Waals surface area contributed by atoms with E-state index in [-0.39, 0.29) is 5.56 Å². The summed E-state index contributed by atoms with van der Waals surface area (Å²) in [6, 6.07) is 3.81. The van der Waals surface area contributed by atoms with E-state index in [1.54, 1.807) is 0 Å². The van der Waals surface area contributed by atoms with E-state index in [1.807, 2.05) is 5.38 Å². The fourth-order valence-electron chi connectivity index (χ4n) is 1.49. The Balaban J connectivity index is 2.30. The molecule has 0 radical (unpaired) electrons. The van der Waals surface area contributed by atoms with Crippen molar-refractivity contribution in [3.05, 3.63) is 40.9 Å². The summed E-state index contributed by atoms with van der Waals surface area (Å²) in [6.45, 7) is 0. The highest BCUT2D eigenvalue weighted by molar-refractivity contribution is 7.13. The fraction of sp³-hybridized carbons (Fsp3) is 0.250. The first kappa shape index (κ1) is 12.5. The van der Waals surface area contributed by atoms with E-state index in [0.29, 0.717) is 10.9 Å². The minimum atomic E-state index is -0.580. The average molecular weight is 274 g/mol. The summed E-state index contributed by atoms with van der Waals surface area (Å²) in [5.41, 5.74) is 0.780. The maximum absolute atomic E-state index is 13.5. The molecule has 90 valence electrons. The minimum Gasteiger partial charge on any atom is -0.241 e. The molecule has 0 unspecified atom stereocenters. The molecule has 5 heteroatoms. The lowest BCUT2D eigenvalue weighted by Gasteiger charge is -2.00. The summed E-state index contributed by atoms with van der Waals surface area (Å²) < 4.78 is 27.0. The number of rotatable bonds is 4. The minimum absolute atomic E-state index is 0.0466. The van der Waals surface area contributed by atoms with Crippen molar-refractivity contribution >= 4 is 22.9 Å². The van der Waals surface area contributed by atoms with Gasteiger partial charge in [-0.05, 0) is 25.0 Å². The van der Waals surface area contributed by atoms with Gasteiger partial charge in [-0.1, -0.05) is 6.07 Å². The van der Waals surface area contributed by atoms with Gasteiger partial charge in [-0.25, -0.2) is 13.8 Å². The normalized spacial score (nSPS) is 10.8. The molecule has 2 aromatic rings. The number of aromatic nitrogens is 1. The molecule has 1 aromatic heterocycles. The van der Waals surface area contributed by atoms with E-state index in [1.165, 1.54) is 29.5 Å². The van der Waals surface area contributed by atoms with E-state index >= 15 is 0 Å². The second-order valence-electron chi connectivity index (χ2n) is 3.53. The van der Waals surface area contributed by atoms with E-state index in [0.717, 1.165) is 18.5 Å². The van der Waals surface area contributed by atoms with Crippen molar-refractivity contribution in [2.24, 2.45) is 0 Å². The van der Waals surface area contributed by atoms with Crippen molar-refractivity contribution in [1.29, 1.82) is 0 Å². The second kappa shape index (κ2) is 5.56. The van der Waals surface area contributed by atoms with Crippen LogP contribution in [0.4, 0.5) is 8.78 Å². The molecule has 0 N–H and O–H groups in total. The number of hydrogen-bond donors (Lipinski definition) is 0. The molecule has 1 heterocycles. The molecular weight excluding hydrogens is 264 g/mol. The third kappa shape index (κ3) is 2.82. The number of alkyl halides is 1. The highest BCUT2D eigenvalue weighted by Gasteiger charge is 2.14. The zero-order chi connectivity index (χ0) is 12.3. The van der Waals surface area contributed by atoms with Gasteiger partial charge >= 0.3 is 0 Å². The van der Waals surface area contributed by atoms with Crippen LogP contribution in [0.2, 0.25) is 0 Å². The van der Waals surface area contributed by atoms with E-state index < -0.39 is 11.6 Å². The Kier molecular flexibility index (Phi) is 4.07. The van der Waals surface area contributed by atoms with Crippen molar-refractivity contribution in [2.45, 2.75) is 12.8 Å². The van der Waals surface area contributed by atoms with Gasteiger partial charge in [0.05, 0.1) is 11.3 Å². The van der Waals surface area contributed by atoms with Gasteiger partial charge in [0, 0.05) is 11.3 Å². The van der Waals surface area contributed by atoms with Crippen LogP contribution in [-0.4, -0.2) is 10.9 Å². The second-order valence-corrected chi connectivity index (χ2v) is 4.77. The molecule has 0 aliphatic rings. The van der Waals surface area contributed by atoms with E-state index in [4.69, 9.17) is 11.6 Å². The maximum atomic E-state index is 13.5. The molecule has 17 heavy (non-hydrogen) atoms. The molecule has 0 amide bonds. The van der Waals surface area contributed by atoms with Crippen LogP contribution in [0, 0.1) is 11.6 Å². The van der Waals surface area contributed by atoms with Gasteiger partial charge in [0.25, 0.3) is 0 Å². The lowest BCUT2D eigenvalue weighted by atomic mass is 10.2. The average Bonchev–Trinajstić information content (AvgIpc) is 2.75. The zero-order valence-electron chi connectivity index (χ0n) is 8.92. The smallest absolute Gasteiger partial charge is 0.136 e. The van der Waals surface area contributed by atoms with Crippen molar-refractivity contribution in [3.8, 4) is 10.6 Å². The lowest BCUT2D eigenvalue weighted by molar-refractivity contribution is 0.589. The molecular formula is C12H10ClF2NS. The summed E-state index contributed by atoms with van der Waals surface area (Å²) in [5.74, 6) is -0.604. The van der Waals surface area contributed by atoms with Crippen LogP contribution in [0.3, 0.4) is 0 Å². The number of benzene rings is 1. The lowest BCUT2D eigenvalue weighted by Crippen LogP contribution is -1.90. The number of thiazole rings is 1. The highest BCUT2D eigenvalue weighted by Crippen LogP contribution is 2.29. The Hall–Kier alpha value is -1.000. The van der Waals surface area contributed by atoms with Gasteiger partial charge in [0.2, 0.25) is 0 Å². The van der Waals surface area contributed by atoms with E-state index in [2.05, 4.69) is 4.98 Å². The summed E-state index contributed by atoms with van der Waals surface area (Å²) in [4.78, 5) is 4.22. The van der Waals surface area contributed by atoms with Crippen LogP contribution in [0.15, 0.2) is 23.6 Å². The van der Waals surface area contributed by atoms with Gasteiger partial charge in [-0.15, -0.1) is 22.9 Å². The zero-order valence-corrected chi connectivity index (χ0v) is 10.5. The fourth-order valence-corrected chi connectivity index (χ4v) is 2.52. The Morgan fingerprint density at radius 3 is 2.59 bits per heavy atom. The first-order chi connectivity index (χ1) is 8.22. The van der Waals surface area contributed by atoms with Gasteiger partial charge < -0.3 is 0 Å². The molecule has 0 bridgehead atoms. The number of aryl methyl sites for hydroxylation is 1. The Bertz CT molecular complexity index is 493.